The van der Waals surface area contributed by atoms with E-state index in [9.17, 15) is 14.9 Å². The molecule has 1 rings (SSSR count). The van der Waals surface area contributed by atoms with Gasteiger partial charge in [0.2, 0.25) is 0 Å². The van der Waals surface area contributed by atoms with Gasteiger partial charge in [0.1, 0.15) is 11.4 Å². The average molecular weight is 248 g/mol. The van der Waals surface area contributed by atoms with Crippen molar-refractivity contribution in [1.29, 1.82) is 0 Å². The molecule has 88 valence electrons. The van der Waals surface area contributed by atoms with Crippen molar-refractivity contribution in [1.82, 2.24) is 0 Å². The molecule has 1 amide bonds. The summed E-state index contributed by atoms with van der Waals surface area (Å²) < 4.78 is 4.82. The summed E-state index contributed by atoms with van der Waals surface area (Å²) in [6.45, 7) is 0. The third kappa shape index (κ3) is 2.51. The number of carbonyl (C=O) groups is 1. The summed E-state index contributed by atoms with van der Waals surface area (Å²) in [5.41, 5.74) is 9.90. The molecule has 0 heterocycles. The number of ether oxygens (including phenoxy) is 1. The van der Waals surface area contributed by atoms with Crippen molar-refractivity contribution in [3.05, 3.63) is 27.8 Å². The van der Waals surface area contributed by atoms with Crippen LogP contribution in [0.5, 0.6) is 5.75 Å². The monoisotopic (exact) mass is 247 g/mol. The van der Waals surface area contributed by atoms with Crippen LogP contribution in [0.4, 0.5) is 11.4 Å². The van der Waals surface area contributed by atoms with E-state index in [2.05, 4.69) is 0 Å². The fourth-order valence-corrected chi connectivity index (χ4v) is 1.10. The Morgan fingerprint density at radius 2 is 2.06 bits per heavy atom. The second kappa shape index (κ2) is 5.17. The molecule has 0 aliphatic carbocycles. The van der Waals surface area contributed by atoms with Crippen molar-refractivity contribution < 1.29 is 14.5 Å². The molecule has 1 aromatic carbocycles. The van der Waals surface area contributed by atoms with Crippen LogP contribution in [0.3, 0.4) is 0 Å². The lowest BCUT2D eigenvalue weighted by atomic mass is 10.1. The zero-order valence-corrected chi connectivity index (χ0v) is 9.11. The van der Waals surface area contributed by atoms with Crippen LogP contribution in [-0.2, 0) is 0 Å². The van der Waals surface area contributed by atoms with Crippen LogP contribution in [-0.4, -0.2) is 17.9 Å². The van der Waals surface area contributed by atoms with E-state index in [4.69, 9.17) is 16.2 Å². The molecule has 0 aliphatic rings. The van der Waals surface area contributed by atoms with Gasteiger partial charge in [0.05, 0.1) is 17.6 Å². The van der Waals surface area contributed by atoms with Gasteiger partial charge < -0.3 is 16.2 Å². The van der Waals surface area contributed by atoms with Gasteiger partial charge in [0.15, 0.2) is 0 Å². The minimum Gasteiger partial charge on any atom is -0.496 e. The lowest BCUT2D eigenvalue weighted by Gasteiger charge is -2.06. The number of amides is 1. The summed E-state index contributed by atoms with van der Waals surface area (Å²) in [4.78, 5) is 20.8. The average Bonchev–Trinajstić information content (AvgIpc) is 2.16. The molecular weight excluding hydrogens is 238 g/mol. The molecule has 0 bridgehead atoms. The first kappa shape index (κ1) is 14.0. The minimum atomic E-state index is -0.810. The fourth-order valence-electron chi connectivity index (χ4n) is 1.10. The first-order valence-corrected chi connectivity index (χ1v) is 3.89. The highest BCUT2D eigenvalue weighted by molar-refractivity contribution is 5.97. The Balaban J connectivity index is 0.00000225. The maximum atomic E-state index is 10.9. The lowest BCUT2D eigenvalue weighted by molar-refractivity contribution is -0.383. The number of benzene rings is 1. The van der Waals surface area contributed by atoms with Crippen LogP contribution in [0.1, 0.15) is 10.4 Å². The van der Waals surface area contributed by atoms with E-state index < -0.39 is 10.8 Å². The molecule has 16 heavy (non-hydrogen) atoms. The summed E-state index contributed by atoms with van der Waals surface area (Å²) in [5, 5.41) is 10.5. The van der Waals surface area contributed by atoms with E-state index in [-0.39, 0.29) is 35.1 Å². The Bertz CT molecular complexity index is 436. The number of nitrogens with zero attached hydrogens (tertiary/aromatic N) is 1. The van der Waals surface area contributed by atoms with Crippen LogP contribution in [0.25, 0.3) is 0 Å². The van der Waals surface area contributed by atoms with E-state index in [1.54, 1.807) is 0 Å². The van der Waals surface area contributed by atoms with Gasteiger partial charge >= 0.3 is 0 Å². The third-order valence-electron chi connectivity index (χ3n) is 1.81. The number of hydrogen-bond acceptors (Lipinski definition) is 5. The van der Waals surface area contributed by atoms with Crippen molar-refractivity contribution >= 4 is 29.7 Å². The number of rotatable bonds is 3. The van der Waals surface area contributed by atoms with Crippen molar-refractivity contribution in [2.45, 2.75) is 0 Å². The van der Waals surface area contributed by atoms with Gasteiger partial charge in [-0.1, -0.05) is 0 Å². The first-order chi connectivity index (χ1) is 6.97. The lowest BCUT2D eigenvalue weighted by Crippen LogP contribution is -2.13. The van der Waals surface area contributed by atoms with E-state index in [0.29, 0.717) is 0 Å². The Kier molecular flexibility index (Phi) is 4.52. The van der Waals surface area contributed by atoms with Gasteiger partial charge in [-0.15, -0.1) is 12.4 Å². The van der Waals surface area contributed by atoms with Gasteiger partial charge in [-0.25, -0.2) is 0 Å². The molecule has 0 spiro atoms. The quantitative estimate of drug-likeness (QED) is 0.463. The zero-order chi connectivity index (χ0) is 11.6. The summed E-state index contributed by atoms with van der Waals surface area (Å²) in [6.07, 6.45) is 0. The van der Waals surface area contributed by atoms with Crippen LogP contribution >= 0.6 is 12.4 Å². The number of methoxy groups -OCH3 is 1. The molecular formula is C8H10ClN3O4. The largest absolute Gasteiger partial charge is 0.496 e. The molecule has 0 saturated carbocycles. The number of nitrogen functional groups attached to an aromatic ring is 1. The van der Waals surface area contributed by atoms with Crippen molar-refractivity contribution in [3.8, 4) is 5.75 Å². The van der Waals surface area contributed by atoms with E-state index >= 15 is 0 Å². The Morgan fingerprint density at radius 1 is 1.50 bits per heavy atom. The second-order valence-electron chi connectivity index (χ2n) is 2.73. The molecule has 0 fully saturated rings. The van der Waals surface area contributed by atoms with Gasteiger partial charge in [0.25, 0.3) is 11.6 Å². The highest BCUT2D eigenvalue weighted by Crippen LogP contribution is 2.30. The fraction of sp³-hybridized carbons (Fsp3) is 0.125. The van der Waals surface area contributed by atoms with Crippen LogP contribution in [0.2, 0.25) is 0 Å². The molecule has 0 aliphatic heterocycles. The van der Waals surface area contributed by atoms with Gasteiger partial charge in [-0.3, -0.25) is 14.9 Å². The maximum Gasteiger partial charge on any atom is 0.293 e. The van der Waals surface area contributed by atoms with Gasteiger partial charge in [0, 0.05) is 12.1 Å². The number of nitro benzene ring substituents is 1. The SMILES string of the molecule is COc1cc(N)c([N+](=O)[O-])cc1C(N)=O.Cl. The molecule has 1 aromatic rings. The van der Waals surface area contributed by atoms with E-state index in [0.717, 1.165) is 6.07 Å². The van der Waals surface area contributed by atoms with Crippen molar-refractivity contribution in [2.75, 3.05) is 12.8 Å². The van der Waals surface area contributed by atoms with Gasteiger partial charge in [-0.05, 0) is 0 Å². The number of nitrogens with two attached hydrogens (primary N) is 2. The Labute approximate surface area is 96.9 Å². The number of hydrogen-bond donors (Lipinski definition) is 2. The highest BCUT2D eigenvalue weighted by Gasteiger charge is 2.19. The van der Waals surface area contributed by atoms with E-state index in [1.807, 2.05) is 0 Å². The third-order valence-corrected chi connectivity index (χ3v) is 1.81. The van der Waals surface area contributed by atoms with Crippen molar-refractivity contribution in [2.24, 2.45) is 5.73 Å². The van der Waals surface area contributed by atoms with Crippen molar-refractivity contribution in [3.63, 3.8) is 0 Å². The number of carbonyl (C=O) groups excluding carboxylic acids is 1. The van der Waals surface area contributed by atoms with Gasteiger partial charge in [-0.2, -0.15) is 0 Å². The summed E-state index contributed by atoms with van der Waals surface area (Å²) in [5.74, 6) is -0.694. The minimum absolute atomic E-state index is 0. The summed E-state index contributed by atoms with van der Waals surface area (Å²) in [6, 6.07) is 2.19. The summed E-state index contributed by atoms with van der Waals surface area (Å²) in [7, 11) is 1.31. The number of primary amides is 1. The number of halogens is 1. The normalized spacial score (nSPS) is 9.06. The molecule has 0 saturated heterocycles. The molecule has 0 unspecified atom stereocenters. The molecule has 4 N–H and O–H groups in total. The topological polar surface area (TPSA) is 121 Å². The second-order valence-corrected chi connectivity index (χ2v) is 2.73. The molecule has 0 atom stereocenters. The molecule has 0 radical (unpaired) electrons. The molecule has 8 heteroatoms. The highest BCUT2D eigenvalue weighted by atomic mass is 35.5. The summed E-state index contributed by atoms with van der Waals surface area (Å²) >= 11 is 0. The Hall–Kier alpha value is -2.02. The zero-order valence-electron chi connectivity index (χ0n) is 8.30. The number of nitro groups is 1. The molecule has 7 nitrogen and oxygen atoms in total. The predicted molar refractivity (Wildman–Crippen MR) is 59.8 cm³/mol. The molecule has 0 aromatic heterocycles. The first-order valence-electron chi connectivity index (χ1n) is 3.89. The standard InChI is InChI=1S/C8H9N3O4.ClH/c1-15-7-3-5(9)6(11(13)14)2-4(7)8(10)12;/h2-3H,9H2,1H3,(H2,10,12);1H. The van der Waals surface area contributed by atoms with Crippen LogP contribution in [0.15, 0.2) is 12.1 Å². The van der Waals surface area contributed by atoms with E-state index in [1.165, 1.54) is 13.2 Å². The smallest absolute Gasteiger partial charge is 0.293 e. The van der Waals surface area contributed by atoms with Crippen LogP contribution in [0, 0.1) is 10.1 Å². The maximum absolute atomic E-state index is 10.9. The van der Waals surface area contributed by atoms with Crippen LogP contribution < -0.4 is 16.2 Å². The predicted octanol–water partition coefficient (Wildman–Crippen LogP) is 0.706. The Morgan fingerprint density at radius 3 is 2.44 bits per heavy atom. The number of anilines is 1.